The molecule has 0 saturated heterocycles. The minimum absolute atomic E-state index is 0.163. The molecule has 0 bridgehead atoms. The minimum atomic E-state index is -3.83. The largest absolute Gasteiger partial charge is 0.393 e. The summed E-state index contributed by atoms with van der Waals surface area (Å²) in [5.74, 6) is -0.0153. The van der Waals surface area contributed by atoms with E-state index in [2.05, 4.69) is 0 Å². The van der Waals surface area contributed by atoms with Crippen molar-refractivity contribution >= 4 is 26.7 Å². The minimum Gasteiger partial charge on any atom is -0.393 e. The number of carbonyl (C=O) groups is 1. The van der Waals surface area contributed by atoms with Crippen molar-refractivity contribution < 1.29 is 18.3 Å². The third-order valence-corrected chi connectivity index (χ3v) is 7.34. The zero-order chi connectivity index (χ0) is 20.1. The molecule has 28 heavy (non-hydrogen) atoms. The van der Waals surface area contributed by atoms with Crippen LogP contribution in [0.15, 0.2) is 53.6 Å². The predicted molar refractivity (Wildman–Crippen MR) is 108 cm³/mol. The fourth-order valence-electron chi connectivity index (χ4n) is 4.16. The van der Waals surface area contributed by atoms with Gasteiger partial charge in [0.1, 0.15) is 0 Å². The number of aliphatic hydroxyl groups excluding tert-OH is 1. The summed E-state index contributed by atoms with van der Waals surface area (Å²) < 4.78 is 27.8. The molecule has 2 atom stereocenters. The second-order valence-electron chi connectivity index (χ2n) is 7.61. The molecular weight excluding hydrogens is 374 g/mol. The first-order valence-electron chi connectivity index (χ1n) is 9.44. The number of aryl methyl sites for hydroxylation is 1. The number of Topliss-reactive ketones (excluding diaryl/α,β-unsaturated/α-hetero) is 1. The van der Waals surface area contributed by atoms with Gasteiger partial charge in [0.05, 0.1) is 16.5 Å². The van der Waals surface area contributed by atoms with E-state index in [0.29, 0.717) is 17.5 Å². The summed E-state index contributed by atoms with van der Waals surface area (Å²) in [5, 5.41) is 10.7. The molecule has 146 valence electrons. The Kier molecular flexibility index (Phi) is 4.63. The van der Waals surface area contributed by atoms with Gasteiger partial charge < -0.3 is 5.11 Å². The maximum atomic E-state index is 13.3. The summed E-state index contributed by atoms with van der Waals surface area (Å²) in [5.41, 5.74) is 2.78. The van der Waals surface area contributed by atoms with E-state index in [0.717, 1.165) is 29.4 Å². The Morgan fingerprint density at radius 2 is 1.79 bits per heavy atom. The third kappa shape index (κ3) is 3.06. The van der Waals surface area contributed by atoms with Crippen LogP contribution < -0.4 is 0 Å². The van der Waals surface area contributed by atoms with Crippen LogP contribution in [0.5, 0.6) is 0 Å². The van der Waals surface area contributed by atoms with Crippen molar-refractivity contribution in [2.24, 2.45) is 0 Å². The molecule has 1 aliphatic carbocycles. The Morgan fingerprint density at radius 1 is 1.07 bits per heavy atom. The highest BCUT2D eigenvalue weighted by atomic mass is 32.2. The number of nitrogens with zero attached hydrogens (tertiary/aromatic N) is 1. The van der Waals surface area contributed by atoms with Crippen LogP contribution in [-0.4, -0.2) is 29.4 Å². The molecule has 1 aliphatic rings. The van der Waals surface area contributed by atoms with Crippen molar-refractivity contribution in [3.8, 4) is 0 Å². The normalized spacial score (nSPS) is 20.0. The van der Waals surface area contributed by atoms with Gasteiger partial charge in [0.25, 0.3) is 10.0 Å². The standard InChI is InChI=1S/C22H23NO4S/c1-14-3-7-18(8-4-14)28(26,27)23-12-11-21-20(16-5-6-17(25)13-16)10-9-19(15(2)24)22(21)23/h3-4,7-12,16-17,25H,5-6,13H2,1-2H3/t16-,17+/m1/s1. The number of benzene rings is 2. The average molecular weight is 397 g/mol. The number of aromatic nitrogens is 1. The van der Waals surface area contributed by atoms with Crippen LogP contribution in [0.3, 0.4) is 0 Å². The SMILES string of the molecule is CC(=O)c1ccc([C@@H]2CC[C@H](O)C2)c2ccn(S(=O)(=O)c3ccc(C)cc3)c12. The van der Waals surface area contributed by atoms with E-state index < -0.39 is 10.0 Å². The van der Waals surface area contributed by atoms with E-state index in [1.807, 2.05) is 13.0 Å². The highest BCUT2D eigenvalue weighted by Gasteiger charge is 2.28. The molecule has 5 nitrogen and oxygen atoms in total. The first-order chi connectivity index (χ1) is 13.3. The zero-order valence-electron chi connectivity index (χ0n) is 15.9. The summed E-state index contributed by atoms with van der Waals surface area (Å²) in [6.45, 7) is 3.35. The average Bonchev–Trinajstić information content (AvgIpc) is 3.28. The van der Waals surface area contributed by atoms with Gasteiger partial charge in [-0.1, -0.05) is 23.8 Å². The van der Waals surface area contributed by atoms with Crippen LogP contribution >= 0.6 is 0 Å². The first-order valence-corrected chi connectivity index (χ1v) is 10.9. The number of fused-ring (bicyclic) bond motifs is 1. The topological polar surface area (TPSA) is 76.4 Å². The summed E-state index contributed by atoms with van der Waals surface area (Å²) in [7, 11) is -3.83. The van der Waals surface area contributed by atoms with Crippen LogP contribution in [-0.2, 0) is 10.0 Å². The van der Waals surface area contributed by atoms with Crippen LogP contribution in [0.1, 0.15) is 53.6 Å². The van der Waals surface area contributed by atoms with Crippen molar-refractivity contribution in [2.75, 3.05) is 0 Å². The molecule has 1 N–H and O–H groups in total. The Labute approximate surface area is 164 Å². The quantitative estimate of drug-likeness (QED) is 0.675. The number of ketones is 1. The van der Waals surface area contributed by atoms with E-state index in [4.69, 9.17) is 0 Å². The van der Waals surface area contributed by atoms with Gasteiger partial charge in [-0.15, -0.1) is 0 Å². The summed E-state index contributed by atoms with van der Waals surface area (Å²) in [4.78, 5) is 12.4. The molecule has 6 heteroatoms. The highest BCUT2D eigenvalue weighted by molar-refractivity contribution is 7.90. The second kappa shape index (κ2) is 6.87. The van der Waals surface area contributed by atoms with Gasteiger partial charge in [-0.05, 0) is 68.9 Å². The molecule has 1 heterocycles. The maximum Gasteiger partial charge on any atom is 0.268 e. The van der Waals surface area contributed by atoms with Crippen molar-refractivity contribution in [1.29, 1.82) is 0 Å². The van der Waals surface area contributed by atoms with Crippen molar-refractivity contribution in [3.05, 3.63) is 65.4 Å². The van der Waals surface area contributed by atoms with Gasteiger partial charge in [0.15, 0.2) is 5.78 Å². The molecule has 2 aromatic carbocycles. The monoisotopic (exact) mass is 397 g/mol. The summed E-state index contributed by atoms with van der Waals surface area (Å²) in [6, 6.07) is 12.1. The molecule has 0 aliphatic heterocycles. The molecule has 1 saturated carbocycles. The molecule has 0 amide bonds. The lowest BCUT2D eigenvalue weighted by atomic mass is 9.92. The number of hydrogen-bond acceptors (Lipinski definition) is 4. The number of aliphatic hydroxyl groups is 1. The Balaban J connectivity index is 1.95. The van der Waals surface area contributed by atoms with Crippen LogP contribution in [0.2, 0.25) is 0 Å². The van der Waals surface area contributed by atoms with Crippen LogP contribution in [0.4, 0.5) is 0 Å². The molecule has 4 rings (SSSR count). The molecule has 1 fully saturated rings. The third-order valence-electron chi connectivity index (χ3n) is 5.65. The summed E-state index contributed by atoms with van der Waals surface area (Å²) in [6.07, 6.45) is 3.45. The molecule has 0 unspecified atom stereocenters. The lowest BCUT2D eigenvalue weighted by Crippen LogP contribution is -2.14. The van der Waals surface area contributed by atoms with E-state index in [-0.39, 0.29) is 22.7 Å². The molecular formula is C22H23NO4S. The van der Waals surface area contributed by atoms with Crippen molar-refractivity contribution in [3.63, 3.8) is 0 Å². The molecule has 1 aromatic heterocycles. The second-order valence-corrected chi connectivity index (χ2v) is 9.43. The Hall–Kier alpha value is -2.44. The molecule has 3 aromatic rings. The van der Waals surface area contributed by atoms with Crippen LogP contribution in [0, 0.1) is 6.92 Å². The van der Waals surface area contributed by atoms with Gasteiger partial charge in [0, 0.05) is 17.1 Å². The number of rotatable bonds is 4. The van der Waals surface area contributed by atoms with Gasteiger partial charge in [0.2, 0.25) is 0 Å². The van der Waals surface area contributed by atoms with Gasteiger partial charge in [-0.2, -0.15) is 0 Å². The fraction of sp³-hybridized carbons (Fsp3) is 0.318. The fourth-order valence-corrected chi connectivity index (χ4v) is 5.52. The predicted octanol–water partition coefficient (Wildman–Crippen LogP) is 4.02. The van der Waals surface area contributed by atoms with Gasteiger partial charge in [-0.3, -0.25) is 4.79 Å². The van der Waals surface area contributed by atoms with E-state index in [1.54, 1.807) is 36.4 Å². The number of hydrogen-bond donors (Lipinski definition) is 1. The molecule has 0 radical (unpaired) electrons. The zero-order valence-corrected chi connectivity index (χ0v) is 16.7. The first kappa shape index (κ1) is 18.9. The lowest BCUT2D eigenvalue weighted by Gasteiger charge is -2.15. The highest BCUT2D eigenvalue weighted by Crippen LogP contribution is 2.39. The van der Waals surface area contributed by atoms with Gasteiger partial charge in [-0.25, -0.2) is 12.4 Å². The van der Waals surface area contributed by atoms with Gasteiger partial charge >= 0.3 is 0 Å². The Morgan fingerprint density at radius 3 is 2.39 bits per heavy atom. The molecule has 0 spiro atoms. The van der Waals surface area contributed by atoms with E-state index >= 15 is 0 Å². The van der Waals surface area contributed by atoms with E-state index in [1.165, 1.54) is 17.1 Å². The summed E-state index contributed by atoms with van der Waals surface area (Å²) >= 11 is 0. The van der Waals surface area contributed by atoms with E-state index in [9.17, 15) is 18.3 Å². The Bertz CT molecular complexity index is 1160. The smallest absolute Gasteiger partial charge is 0.268 e. The maximum absolute atomic E-state index is 13.3. The van der Waals surface area contributed by atoms with Crippen molar-refractivity contribution in [1.82, 2.24) is 3.97 Å². The van der Waals surface area contributed by atoms with Crippen LogP contribution in [0.25, 0.3) is 10.9 Å². The number of carbonyl (C=O) groups excluding carboxylic acids is 1. The van der Waals surface area contributed by atoms with Crippen molar-refractivity contribution in [2.45, 2.75) is 50.0 Å². The lowest BCUT2D eigenvalue weighted by molar-refractivity contribution is 0.101.